The fourth-order valence-corrected chi connectivity index (χ4v) is 3.19. The molecule has 0 unspecified atom stereocenters. The van der Waals surface area contributed by atoms with Gasteiger partial charge in [0.25, 0.3) is 5.69 Å². The van der Waals surface area contributed by atoms with Crippen LogP contribution >= 0.6 is 0 Å². The molecule has 0 aliphatic carbocycles. The number of hydrogen-bond donors (Lipinski definition) is 0. The van der Waals surface area contributed by atoms with Crippen molar-refractivity contribution < 1.29 is 13.3 Å². The van der Waals surface area contributed by atoms with Gasteiger partial charge in [0.1, 0.15) is 0 Å². The minimum atomic E-state index is -3.25. The van der Waals surface area contributed by atoms with E-state index in [0.717, 1.165) is 6.42 Å². The molecule has 0 N–H and O–H groups in total. The molecule has 1 heterocycles. The lowest BCUT2D eigenvalue weighted by Crippen LogP contribution is -2.42. The third-order valence-corrected chi connectivity index (χ3v) is 4.55. The molecule has 2 rings (SSSR count). The molecule has 1 fully saturated rings. The highest BCUT2D eigenvalue weighted by Crippen LogP contribution is 2.19. The third-order valence-electron chi connectivity index (χ3n) is 2.70. The Morgan fingerprint density at radius 1 is 1.24 bits per heavy atom. The lowest BCUT2D eigenvalue weighted by atomic mass is 10.2. The van der Waals surface area contributed by atoms with Crippen molar-refractivity contribution in [1.29, 1.82) is 0 Å². The maximum Gasteiger partial charge on any atom is 0.269 e. The standard InChI is InChI=1S/C10H12N2O4S/c13-12(14)10-4-2-9(3-5-10)8-17(15,16)11-6-1-7-11/h2-5H,1,6-8H2. The van der Waals surface area contributed by atoms with Gasteiger partial charge in [-0.1, -0.05) is 12.1 Å². The Morgan fingerprint density at radius 2 is 1.82 bits per heavy atom. The zero-order chi connectivity index (χ0) is 12.5. The lowest BCUT2D eigenvalue weighted by molar-refractivity contribution is -0.384. The van der Waals surface area contributed by atoms with Crippen LogP contribution in [0.4, 0.5) is 5.69 Å². The number of benzene rings is 1. The molecule has 0 bridgehead atoms. The van der Waals surface area contributed by atoms with Crippen LogP contribution in [0.2, 0.25) is 0 Å². The predicted octanol–water partition coefficient (Wildman–Crippen LogP) is 1.13. The van der Waals surface area contributed by atoms with E-state index in [-0.39, 0.29) is 11.4 Å². The summed E-state index contributed by atoms with van der Waals surface area (Å²) in [6.45, 7) is 1.16. The highest BCUT2D eigenvalue weighted by Gasteiger charge is 2.27. The van der Waals surface area contributed by atoms with E-state index in [1.165, 1.54) is 28.6 Å². The van der Waals surface area contributed by atoms with Gasteiger partial charge in [-0.25, -0.2) is 12.7 Å². The molecule has 1 aromatic carbocycles. The van der Waals surface area contributed by atoms with Crippen LogP contribution < -0.4 is 0 Å². The number of nitro benzene ring substituents is 1. The summed E-state index contributed by atoms with van der Waals surface area (Å²) in [6.07, 6.45) is 0.902. The van der Waals surface area contributed by atoms with E-state index in [1.54, 1.807) is 0 Å². The molecule has 1 aliphatic rings. The number of nitro groups is 1. The summed E-state index contributed by atoms with van der Waals surface area (Å²) in [5, 5.41) is 10.4. The van der Waals surface area contributed by atoms with Crippen LogP contribution in [-0.2, 0) is 15.8 Å². The Hall–Kier alpha value is -1.47. The van der Waals surface area contributed by atoms with Crippen molar-refractivity contribution in [2.75, 3.05) is 13.1 Å². The van der Waals surface area contributed by atoms with Gasteiger partial charge in [-0.15, -0.1) is 0 Å². The van der Waals surface area contributed by atoms with Crippen molar-refractivity contribution in [3.05, 3.63) is 39.9 Å². The summed E-state index contributed by atoms with van der Waals surface area (Å²) in [7, 11) is -3.25. The van der Waals surface area contributed by atoms with Crippen LogP contribution in [0.3, 0.4) is 0 Å². The van der Waals surface area contributed by atoms with Crippen LogP contribution in [-0.4, -0.2) is 30.7 Å². The third kappa shape index (κ3) is 2.62. The maximum atomic E-state index is 11.8. The second-order valence-corrected chi connectivity index (χ2v) is 5.90. The lowest BCUT2D eigenvalue weighted by Gasteiger charge is -2.29. The molecule has 7 heteroatoms. The smallest absolute Gasteiger partial charge is 0.258 e. The molecule has 0 spiro atoms. The minimum absolute atomic E-state index is 0.0323. The van der Waals surface area contributed by atoms with Crippen LogP contribution in [0, 0.1) is 10.1 Å². The van der Waals surface area contributed by atoms with Gasteiger partial charge >= 0.3 is 0 Å². The van der Waals surface area contributed by atoms with Crippen molar-refractivity contribution in [2.45, 2.75) is 12.2 Å². The SMILES string of the molecule is O=[N+]([O-])c1ccc(CS(=O)(=O)N2CCC2)cc1. The summed E-state index contributed by atoms with van der Waals surface area (Å²) in [4.78, 5) is 9.93. The van der Waals surface area contributed by atoms with E-state index in [0.29, 0.717) is 18.7 Å². The molecule has 0 atom stereocenters. The molecule has 6 nitrogen and oxygen atoms in total. The van der Waals surface area contributed by atoms with Gasteiger partial charge in [0.2, 0.25) is 10.0 Å². The van der Waals surface area contributed by atoms with Crippen LogP contribution in [0.15, 0.2) is 24.3 Å². The molecular weight excluding hydrogens is 244 g/mol. The van der Waals surface area contributed by atoms with E-state index in [4.69, 9.17) is 0 Å². The quantitative estimate of drug-likeness (QED) is 0.597. The molecule has 0 saturated carbocycles. The first-order chi connectivity index (χ1) is 7.99. The van der Waals surface area contributed by atoms with Crippen LogP contribution in [0.25, 0.3) is 0 Å². The molecule has 0 amide bonds. The van der Waals surface area contributed by atoms with E-state index in [2.05, 4.69) is 0 Å². The average Bonchev–Trinajstić information content (AvgIpc) is 2.13. The molecule has 1 aliphatic heterocycles. The second kappa shape index (κ2) is 4.42. The van der Waals surface area contributed by atoms with Crippen molar-refractivity contribution >= 4 is 15.7 Å². The Bertz CT molecular complexity index is 520. The molecule has 92 valence electrons. The zero-order valence-electron chi connectivity index (χ0n) is 9.07. The van der Waals surface area contributed by atoms with E-state index in [9.17, 15) is 18.5 Å². The first-order valence-corrected chi connectivity index (χ1v) is 6.81. The minimum Gasteiger partial charge on any atom is -0.258 e. The highest BCUT2D eigenvalue weighted by molar-refractivity contribution is 7.88. The fraction of sp³-hybridized carbons (Fsp3) is 0.400. The van der Waals surface area contributed by atoms with Crippen LogP contribution in [0.5, 0.6) is 0 Å². The number of sulfonamides is 1. The molecule has 1 saturated heterocycles. The molecular formula is C10H12N2O4S. The average molecular weight is 256 g/mol. The van der Waals surface area contributed by atoms with E-state index >= 15 is 0 Å². The van der Waals surface area contributed by atoms with Crippen molar-refractivity contribution in [2.24, 2.45) is 0 Å². The van der Waals surface area contributed by atoms with Gasteiger partial charge in [-0.3, -0.25) is 10.1 Å². The number of nitrogens with zero attached hydrogens (tertiary/aromatic N) is 2. The summed E-state index contributed by atoms with van der Waals surface area (Å²) < 4.78 is 25.0. The van der Waals surface area contributed by atoms with Gasteiger partial charge < -0.3 is 0 Å². The summed E-state index contributed by atoms with van der Waals surface area (Å²) >= 11 is 0. The molecule has 0 aromatic heterocycles. The number of hydrogen-bond acceptors (Lipinski definition) is 4. The van der Waals surface area contributed by atoms with Crippen molar-refractivity contribution in [1.82, 2.24) is 4.31 Å². The highest BCUT2D eigenvalue weighted by atomic mass is 32.2. The Kier molecular flexibility index (Phi) is 3.12. The van der Waals surface area contributed by atoms with Gasteiger partial charge in [0, 0.05) is 25.2 Å². The van der Waals surface area contributed by atoms with Crippen molar-refractivity contribution in [3.63, 3.8) is 0 Å². The normalized spacial score (nSPS) is 16.5. The fourth-order valence-electron chi connectivity index (χ4n) is 1.58. The van der Waals surface area contributed by atoms with Crippen LogP contribution in [0.1, 0.15) is 12.0 Å². The Morgan fingerprint density at radius 3 is 2.24 bits per heavy atom. The van der Waals surface area contributed by atoms with E-state index < -0.39 is 14.9 Å². The zero-order valence-corrected chi connectivity index (χ0v) is 9.89. The second-order valence-electron chi connectivity index (χ2n) is 3.93. The van der Waals surface area contributed by atoms with Crippen molar-refractivity contribution in [3.8, 4) is 0 Å². The van der Waals surface area contributed by atoms with Gasteiger partial charge in [0.15, 0.2) is 0 Å². The summed E-state index contributed by atoms with van der Waals surface area (Å²) in [6, 6.07) is 5.60. The summed E-state index contributed by atoms with van der Waals surface area (Å²) in [5.74, 6) is -0.0923. The number of non-ortho nitro benzene ring substituents is 1. The van der Waals surface area contributed by atoms with E-state index in [1.807, 2.05) is 0 Å². The van der Waals surface area contributed by atoms with Gasteiger partial charge in [0.05, 0.1) is 10.7 Å². The molecule has 0 radical (unpaired) electrons. The Balaban J connectivity index is 2.11. The topological polar surface area (TPSA) is 80.5 Å². The Labute approximate surface area is 99.1 Å². The molecule has 1 aromatic rings. The first kappa shape index (κ1) is 12.0. The van der Waals surface area contributed by atoms with Gasteiger partial charge in [-0.2, -0.15) is 0 Å². The monoisotopic (exact) mass is 256 g/mol. The number of rotatable bonds is 4. The van der Waals surface area contributed by atoms with Gasteiger partial charge in [-0.05, 0) is 12.0 Å². The predicted molar refractivity (Wildman–Crippen MR) is 61.9 cm³/mol. The molecule has 17 heavy (non-hydrogen) atoms. The summed E-state index contributed by atoms with van der Waals surface area (Å²) in [5.41, 5.74) is 0.539. The first-order valence-electron chi connectivity index (χ1n) is 5.20. The maximum absolute atomic E-state index is 11.8. The largest absolute Gasteiger partial charge is 0.269 e.